The summed E-state index contributed by atoms with van der Waals surface area (Å²) in [6.45, 7) is 1.69. The van der Waals surface area contributed by atoms with Crippen LogP contribution in [0.1, 0.15) is 6.92 Å². The molecular formula is C14H16N2O. The number of nitrogens with zero attached hydrogens (tertiary/aromatic N) is 1. The van der Waals surface area contributed by atoms with E-state index in [1.165, 1.54) is 0 Å². The first-order valence-electron chi connectivity index (χ1n) is 5.61. The number of nitrogens with two attached hydrogens (primary N) is 1. The number of carbonyl (C=O) groups excluding carboxylic acids is 1. The second-order valence-electron chi connectivity index (χ2n) is 4.22. The summed E-state index contributed by atoms with van der Waals surface area (Å²) in [7, 11) is 1.75. The van der Waals surface area contributed by atoms with E-state index in [9.17, 15) is 4.79 Å². The van der Waals surface area contributed by atoms with Gasteiger partial charge >= 0.3 is 0 Å². The molecule has 1 unspecified atom stereocenters. The molecule has 88 valence electrons. The first-order chi connectivity index (χ1) is 8.09. The van der Waals surface area contributed by atoms with Crippen molar-refractivity contribution >= 4 is 22.4 Å². The van der Waals surface area contributed by atoms with Gasteiger partial charge in [0.15, 0.2) is 0 Å². The fourth-order valence-electron chi connectivity index (χ4n) is 1.82. The number of likely N-dealkylation sites (N-methyl/N-ethyl adjacent to an activating group) is 1. The van der Waals surface area contributed by atoms with Crippen LogP contribution in [-0.2, 0) is 4.79 Å². The van der Waals surface area contributed by atoms with E-state index in [0.717, 1.165) is 16.5 Å². The Kier molecular flexibility index (Phi) is 3.11. The number of fused-ring (bicyclic) bond motifs is 1. The highest BCUT2D eigenvalue weighted by Gasteiger charge is 2.14. The highest BCUT2D eigenvalue weighted by atomic mass is 16.2. The molecule has 0 aliphatic rings. The minimum Gasteiger partial charge on any atom is -0.320 e. The van der Waals surface area contributed by atoms with Gasteiger partial charge in [0.25, 0.3) is 0 Å². The van der Waals surface area contributed by atoms with Crippen LogP contribution < -0.4 is 10.6 Å². The van der Waals surface area contributed by atoms with Gasteiger partial charge in [0.1, 0.15) is 0 Å². The molecule has 0 spiro atoms. The van der Waals surface area contributed by atoms with Crippen molar-refractivity contribution in [1.29, 1.82) is 0 Å². The van der Waals surface area contributed by atoms with Crippen LogP contribution in [0.2, 0.25) is 0 Å². The number of rotatable bonds is 2. The Bertz CT molecular complexity index is 549. The number of hydrogen-bond acceptors (Lipinski definition) is 2. The quantitative estimate of drug-likeness (QED) is 0.856. The molecule has 2 aromatic rings. The highest BCUT2D eigenvalue weighted by molar-refractivity contribution is 5.98. The average molecular weight is 228 g/mol. The summed E-state index contributed by atoms with van der Waals surface area (Å²) in [5, 5.41) is 2.28. The number of carbonyl (C=O) groups is 1. The smallest absolute Gasteiger partial charge is 0.243 e. The summed E-state index contributed by atoms with van der Waals surface area (Å²) in [4.78, 5) is 13.4. The highest BCUT2D eigenvalue weighted by Crippen LogP contribution is 2.21. The van der Waals surface area contributed by atoms with E-state index < -0.39 is 6.04 Å². The van der Waals surface area contributed by atoms with E-state index in [2.05, 4.69) is 0 Å². The molecule has 0 aliphatic carbocycles. The monoisotopic (exact) mass is 228 g/mol. The minimum atomic E-state index is -0.480. The molecule has 0 aliphatic heterocycles. The lowest BCUT2D eigenvalue weighted by molar-refractivity contribution is -0.119. The number of amides is 1. The van der Waals surface area contributed by atoms with Crippen molar-refractivity contribution in [2.75, 3.05) is 11.9 Å². The van der Waals surface area contributed by atoms with Crippen LogP contribution in [0, 0.1) is 0 Å². The zero-order valence-corrected chi connectivity index (χ0v) is 10.1. The maximum atomic E-state index is 11.8. The molecule has 2 aromatic carbocycles. The summed E-state index contributed by atoms with van der Waals surface area (Å²) in [6.07, 6.45) is 0. The molecule has 17 heavy (non-hydrogen) atoms. The maximum Gasteiger partial charge on any atom is 0.243 e. The molecule has 0 heterocycles. The Morgan fingerprint density at radius 1 is 1.18 bits per heavy atom. The van der Waals surface area contributed by atoms with Crippen LogP contribution in [0.4, 0.5) is 5.69 Å². The van der Waals surface area contributed by atoms with Crippen molar-refractivity contribution in [1.82, 2.24) is 0 Å². The van der Waals surface area contributed by atoms with Gasteiger partial charge in [0.05, 0.1) is 6.04 Å². The lowest BCUT2D eigenvalue weighted by atomic mass is 10.1. The summed E-state index contributed by atoms with van der Waals surface area (Å²) in [5.74, 6) is -0.0831. The van der Waals surface area contributed by atoms with E-state index in [4.69, 9.17) is 5.73 Å². The van der Waals surface area contributed by atoms with Crippen LogP contribution in [-0.4, -0.2) is 19.0 Å². The Balaban J connectivity index is 2.39. The van der Waals surface area contributed by atoms with E-state index >= 15 is 0 Å². The summed E-state index contributed by atoms with van der Waals surface area (Å²) >= 11 is 0. The Morgan fingerprint density at radius 3 is 2.47 bits per heavy atom. The third-order valence-electron chi connectivity index (χ3n) is 2.84. The summed E-state index contributed by atoms with van der Waals surface area (Å²) in [6, 6.07) is 13.5. The van der Waals surface area contributed by atoms with Crippen molar-refractivity contribution in [3.63, 3.8) is 0 Å². The molecule has 0 bridgehead atoms. The molecule has 0 saturated heterocycles. The van der Waals surface area contributed by atoms with Gasteiger partial charge in [0, 0.05) is 12.7 Å². The standard InChI is InChI=1S/C14H16N2O/c1-10(15)14(17)16(2)13-8-7-11-5-3-4-6-12(11)9-13/h3-10H,15H2,1-2H3. The Morgan fingerprint density at radius 2 is 1.82 bits per heavy atom. The van der Waals surface area contributed by atoms with Crippen LogP contribution in [0.5, 0.6) is 0 Å². The van der Waals surface area contributed by atoms with Crippen LogP contribution in [0.15, 0.2) is 42.5 Å². The largest absolute Gasteiger partial charge is 0.320 e. The normalized spacial score (nSPS) is 12.4. The fraction of sp³-hybridized carbons (Fsp3) is 0.214. The molecule has 1 amide bonds. The van der Waals surface area contributed by atoms with E-state index in [1.54, 1.807) is 18.9 Å². The van der Waals surface area contributed by atoms with Crippen molar-refractivity contribution < 1.29 is 4.79 Å². The van der Waals surface area contributed by atoms with Gasteiger partial charge in [0.2, 0.25) is 5.91 Å². The molecule has 2 rings (SSSR count). The van der Waals surface area contributed by atoms with Crippen molar-refractivity contribution in [3.05, 3.63) is 42.5 Å². The van der Waals surface area contributed by atoms with Gasteiger partial charge in [-0.3, -0.25) is 4.79 Å². The number of hydrogen-bond donors (Lipinski definition) is 1. The van der Waals surface area contributed by atoms with E-state index in [0.29, 0.717) is 0 Å². The van der Waals surface area contributed by atoms with Crippen LogP contribution in [0.3, 0.4) is 0 Å². The van der Waals surface area contributed by atoms with Gasteiger partial charge < -0.3 is 10.6 Å². The summed E-state index contributed by atoms with van der Waals surface area (Å²) in [5.41, 5.74) is 6.46. The minimum absolute atomic E-state index is 0.0831. The molecule has 2 N–H and O–H groups in total. The Hall–Kier alpha value is -1.87. The second-order valence-corrected chi connectivity index (χ2v) is 4.22. The third kappa shape index (κ3) is 2.29. The van der Waals surface area contributed by atoms with E-state index in [1.807, 2.05) is 42.5 Å². The SMILES string of the molecule is CC(N)C(=O)N(C)c1ccc2ccccc2c1. The molecule has 0 fully saturated rings. The lowest BCUT2D eigenvalue weighted by Crippen LogP contribution is -2.39. The van der Waals surface area contributed by atoms with Gasteiger partial charge in [-0.05, 0) is 29.8 Å². The molecule has 3 heteroatoms. The third-order valence-corrected chi connectivity index (χ3v) is 2.84. The molecule has 0 aromatic heterocycles. The van der Waals surface area contributed by atoms with Gasteiger partial charge in [-0.1, -0.05) is 30.3 Å². The molecule has 3 nitrogen and oxygen atoms in total. The molecule has 0 radical (unpaired) electrons. The average Bonchev–Trinajstić information content (AvgIpc) is 2.36. The van der Waals surface area contributed by atoms with Crippen molar-refractivity contribution in [2.24, 2.45) is 5.73 Å². The number of anilines is 1. The number of benzene rings is 2. The Labute approximate surface area is 101 Å². The van der Waals surface area contributed by atoms with E-state index in [-0.39, 0.29) is 5.91 Å². The fourth-order valence-corrected chi connectivity index (χ4v) is 1.82. The zero-order valence-electron chi connectivity index (χ0n) is 10.1. The predicted octanol–water partition coefficient (Wildman–Crippen LogP) is 2.15. The zero-order chi connectivity index (χ0) is 12.4. The first kappa shape index (κ1) is 11.6. The first-order valence-corrected chi connectivity index (χ1v) is 5.61. The van der Waals surface area contributed by atoms with Crippen LogP contribution >= 0.6 is 0 Å². The van der Waals surface area contributed by atoms with Crippen molar-refractivity contribution in [3.8, 4) is 0 Å². The summed E-state index contributed by atoms with van der Waals surface area (Å²) < 4.78 is 0. The van der Waals surface area contributed by atoms with Gasteiger partial charge in [-0.25, -0.2) is 0 Å². The molecule has 0 saturated carbocycles. The van der Waals surface area contributed by atoms with Gasteiger partial charge in [-0.2, -0.15) is 0 Å². The maximum absolute atomic E-state index is 11.8. The van der Waals surface area contributed by atoms with Gasteiger partial charge in [-0.15, -0.1) is 0 Å². The molecule has 1 atom stereocenters. The topological polar surface area (TPSA) is 46.3 Å². The van der Waals surface area contributed by atoms with Crippen LogP contribution in [0.25, 0.3) is 10.8 Å². The second kappa shape index (κ2) is 4.55. The predicted molar refractivity (Wildman–Crippen MR) is 71.0 cm³/mol. The lowest BCUT2D eigenvalue weighted by Gasteiger charge is -2.19. The van der Waals surface area contributed by atoms with Crippen molar-refractivity contribution in [2.45, 2.75) is 13.0 Å². The molecular weight excluding hydrogens is 212 g/mol.